The van der Waals surface area contributed by atoms with Gasteiger partial charge in [-0.25, -0.2) is 4.79 Å². The Balaban J connectivity index is 2.06. The summed E-state index contributed by atoms with van der Waals surface area (Å²) in [5, 5.41) is 10.9. The van der Waals surface area contributed by atoms with Gasteiger partial charge in [0, 0.05) is 14.7 Å². The molecule has 94 valence electrons. The van der Waals surface area contributed by atoms with Gasteiger partial charge in [0.25, 0.3) is 0 Å². The fourth-order valence-corrected chi connectivity index (χ4v) is 2.91. The number of thiophene rings is 1. The summed E-state index contributed by atoms with van der Waals surface area (Å²) in [6.45, 7) is 2.25. The normalized spacial score (nSPS) is 10.3. The quantitative estimate of drug-likeness (QED) is 0.920. The third-order valence-corrected chi connectivity index (χ3v) is 4.10. The zero-order valence-electron chi connectivity index (χ0n) is 9.64. The molecule has 0 unspecified atom stereocenters. The van der Waals surface area contributed by atoms with Crippen LogP contribution in [0.15, 0.2) is 34.1 Å². The molecule has 1 aromatic carbocycles. The number of halogens is 1. The van der Waals surface area contributed by atoms with Gasteiger partial charge in [-0.2, -0.15) is 0 Å². The summed E-state index contributed by atoms with van der Waals surface area (Å²) in [5.74, 6) is -0.233. The van der Waals surface area contributed by atoms with Crippen molar-refractivity contribution in [2.24, 2.45) is 0 Å². The fraction of sp³-hybridized carbons (Fsp3) is 0.154. The van der Waals surface area contributed by atoms with Gasteiger partial charge in [-0.3, -0.25) is 0 Å². The van der Waals surface area contributed by atoms with Crippen molar-refractivity contribution in [1.82, 2.24) is 0 Å². The van der Waals surface area contributed by atoms with Crippen molar-refractivity contribution in [2.75, 3.05) is 0 Å². The van der Waals surface area contributed by atoms with Crippen LogP contribution >= 0.6 is 27.3 Å². The number of hydrogen-bond donors (Lipinski definition) is 1. The topological polar surface area (TPSA) is 46.5 Å². The number of carboxylic acid groups (broad SMARTS) is 1. The van der Waals surface area contributed by atoms with Gasteiger partial charge in [0.1, 0.15) is 12.4 Å². The van der Waals surface area contributed by atoms with E-state index < -0.39 is 5.97 Å². The van der Waals surface area contributed by atoms with E-state index in [0.29, 0.717) is 23.5 Å². The maximum atomic E-state index is 10.9. The van der Waals surface area contributed by atoms with E-state index in [4.69, 9.17) is 9.84 Å². The van der Waals surface area contributed by atoms with Crippen LogP contribution in [0.3, 0.4) is 0 Å². The second-order valence-corrected chi connectivity index (χ2v) is 5.71. The molecule has 0 bridgehead atoms. The van der Waals surface area contributed by atoms with Crippen molar-refractivity contribution in [1.29, 1.82) is 0 Å². The van der Waals surface area contributed by atoms with E-state index >= 15 is 0 Å². The molecule has 0 saturated carbocycles. The van der Waals surface area contributed by atoms with Gasteiger partial charge >= 0.3 is 5.97 Å². The van der Waals surface area contributed by atoms with Crippen molar-refractivity contribution in [3.05, 3.63) is 50.1 Å². The van der Waals surface area contributed by atoms with Crippen molar-refractivity contribution in [3.8, 4) is 5.75 Å². The molecule has 0 atom stereocenters. The average Bonchev–Trinajstić information content (AvgIpc) is 2.72. The summed E-state index contributed by atoms with van der Waals surface area (Å²) in [6, 6.07) is 6.99. The van der Waals surface area contributed by atoms with Crippen LogP contribution in [-0.2, 0) is 6.61 Å². The number of hydrogen-bond acceptors (Lipinski definition) is 3. The van der Waals surface area contributed by atoms with Crippen LogP contribution in [-0.4, -0.2) is 11.1 Å². The van der Waals surface area contributed by atoms with E-state index in [2.05, 4.69) is 15.9 Å². The second-order valence-electron chi connectivity index (χ2n) is 3.80. The molecule has 0 amide bonds. The number of carboxylic acids is 1. The number of aromatic carboxylic acids is 1. The Morgan fingerprint density at radius 3 is 2.78 bits per heavy atom. The largest absolute Gasteiger partial charge is 0.488 e. The van der Waals surface area contributed by atoms with Crippen LogP contribution in [0.2, 0.25) is 0 Å². The average molecular weight is 327 g/mol. The zero-order chi connectivity index (χ0) is 13.1. The standard InChI is InChI=1S/C13H11BrO3S/c1-8-4-10(2-3-12(8)13(15)16)17-6-11-5-9(14)7-18-11/h2-5,7H,6H2,1H3,(H,15,16). The fourth-order valence-electron chi connectivity index (χ4n) is 1.55. The number of ether oxygens (including phenoxy) is 1. The Morgan fingerprint density at radius 1 is 1.44 bits per heavy atom. The lowest BCUT2D eigenvalue weighted by atomic mass is 10.1. The number of benzene rings is 1. The molecule has 0 spiro atoms. The molecule has 0 aliphatic heterocycles. The van der Waals surface area contributed by atoms with Gasteiger partial charge in [0.15, 0.2) is 0 Å². The first kappa shape index (κ1) is 13.1. The molecule has 1 aromatic heterocycles. The Labute approximate surface area is 117 Å². The van der Waals surface area contributed by atoms with E-state index in [1.165, 1.54) is 0 Å². The van der Waals surface area contributed by atoms with Crippen LogP contribution in [0, 0.1) is 6.92 Å². The van der Waals surface area contributed by atoms with Gasteiger partial charge in [-0.1, -0.05) is 0 Å². The van der Waals surface area contributed by atoms with Crippen molar-refractivity contribution in [3.63, 3.8) is 0 Å². The molecule has 5 heteroatoms. The molecule has 0 aliphatic rings. The van der Waals surface area contributed by atoms with Crippen molar-refractivity contribution >= 4 is 33.2 Å². The summed E-state index contributed by atoms with van der Waals surface area (Å²) >= 11 is 5.00. The molecule has 0 saturated heterocycles. The Hall–Kier alpha value is -1.33. The van der Waals surface area contributed by atoms with Crippen LogP contribution < -0.4 is 4.74 Å². The van der Waals surface area contributed by atoms with Gasteiger partial charge in [0.05, 0.1) is 5.56 Å². The summed E-state index contributed by atoms with van der Waals surface area (Å²) in [6.07, 6.45) is 0. The predicted molar refractivity (Wildman–Crippen MR) is 74.5 cm³/mol. The van der Waals surface area contributed by atoms with Gasteiger partial charge in [-0.05, 0) is 52.7 Å². The van der Waals surface area contributed by atoms with Gasteiger partial charge < -0.3 is 9.84 Å². The molecule has 1 N–H and O–H groups in total. The highest BCUT2D eigenvalue weighted by atomic mass is 79.9. The van der Waals surface area contributed by atoms with E-state index in [1.807, 2.05) is 11.4 Å². The lowest BCUT2D eigenvalue weighted by molar-refractivity contribution is 0.0696. The maximum Gasteiger partial charge on any atom is 0.335 e. The van der Waals surface area contributed by atoms with E-state index in [0.717, 1.165) is 9.35 Å². The smallest absolute Gasteiger partial charge is 0.335 e. The van der Waals surface area contributed by atoms with Crippen molar-refractivity contribution in [2.45, 2.75) is 13.5 Å². The molecule has 2 aromatic rings. The number of carbonyl (C=O) groups is 1. The SMILES string of the molecule is Cc1cc(OCc2cc(Br)cs2)ccc1C(=O)O. The predicted octanol–water partition coefficient (Wildman–Crippen LogP) is 4.10. The maximum absolute atomic E-state index is 10.9. The third-order valence-electron chi connectivity index (χ3n) is 2.43. The molecule has 0 fully saturated rings. The molecule has 0 radical (unpaired) electrons. The molecule has 1 heterocycles. The minimum Gasteiger partial charge on any atom is -0.488 e. The van der Waals surface area contributed by atoms with Crippen LogP contribution in [0.25, 0.3) is 0 Å². The molecular weight excluding hydrogens is 316 g/mol. The van der Waals surface area contributed by atoms with Crippen molar-refractivity contribution < 1.29 is 14.6 Å². The molecule has 18 heavy (non-hydrogen) atoms. The molecule has 2 rings (SSSR count). The van der Waals surface area contributed by atoms with E-state index in [1.54, 1.807) is 36.5 Å². The van der Waals surface area contributed by atoms with Crippen LogP contribution in [0.5, 0.6) is 5.75 Å². The van der Waals surface area contributed by atoms with Gasteiger partial charge in [-0.15, -0.1) is 11.3 Å². The second kappa shape index (κ2) is 5.54. The molecular formula is C13H11BrO3S. The third kappa shape index (κ3) is 3.11. The Morgan fingerprint density at radius 2 is 2.22 bits per heavy atom. The van der Waals surface area contributed by atoms with E-state index in [9.17, 15) is 4.79 Å². The molecule has 3 nitrogen and oxygen atoms in total. The molecule has 0 aliphatic carbocycles. The highest BCUT2D eigenvalue weighted by Gasteiger charge is 2.07. The summed E-state index contributed by atoms with van der Waals surface area (Å²) in [5.41, 5.74) is 1.01. The summed E-state index contributed by atoms with van der Waals surface area (Å²) in [7, 11) is 0. The Bertz CT molecular complexity index is 577. The number of aryl methyl sites for hydroxylation is 1. The summed E-state index contributed by atoms with van der Waals surface area (Å²) in [4.78, 5) is 12.0. The first-order valence-corrected chi connectivity index (χ1v) is 6.93. The zero-order valence-corrected chi connectivity index (χ0v) is 12.0. The lowest BCUT2D eigenvalue weighted by Gasteiger charge is -2.07. The monoisotopic (exact) mass is 326 g/mol. The minimum atomic E-state index is -0.916. The summed E-state index contributed by atoms with van der Waals surface area (Å²) < 4.78 is 6.66. The van der Waals surface area contributed by atoms with Gasteiger partial charge in [0.2, 0.25) is 0 Å². The van der Waals surface area contributed by atoms with Crippen LogP contribution in [0.1, 0.15) is 20.8 Å². The lowest BCUT2D eigenvalue weighted by Crippen LogP contribution is -2.00. The Kier molecular flexibility index (Phi) is 4.04. The minimum absolute atomic E-state index is 0.307. The van der Waals surface area contributed by atoms with Crippen LogP contribution in [0.4, 0.5) is 0 Å². The highest BCUT2D eigenvalue weighted by molar-refractivity contribution is 9.10. The first-order valence-electron chi connectivity index (χ1n) is 5.26. The van der Waals surface area contributed by atoms with E-state index in [-0.39, 0.29) is 0 Å². The number of rotatable bonds is 4. The highest BCUT2D eigenvalue weighted by Crippen LogP contribution is 2.23. The first-order chi connectivity index (χ1) is 8.56.